The van der Waals surface area contributed by atoms with Crippen molar-refractivity contribution in [2.75, 3.05) is 6.61 Å². The fourth-order valence-electron chi connectivity index (χ4n) is 3.22. The van der Waals surface area contributed by atoms with Crippen LogP contribution in [0.1, 0.15) is 29.2 Å². The number of hydrogen-bond donors (Lipinski definition) is 1. The molecule has 1 N–H and O–H groups in total. The highest BCUT2D eigenvalue weighted by molar-refractivity contribution is 9.10. The number of ether oxygens (including phenoxy) is 2. The summed E-state index contributed by atoms with van der Waals surface area (Å²) in [6, 6.07) is 17.7. The lowest BCUT2D eigenvalue weighted by Gasteiger charge is -2.14. The normalized spacial score (nSPS) is 10.8. The number of carbonyl (C=O) groups excluding carboxylic acids is 1. The number of halogens is 1. The SMILES string of the molecule is CCOc1cc(/C=N/NC(=O)Cc2ccccc2[N+](=O)[O-])c(Br)cc1OCc1cccc(C)c1. The number of benzene rings is 3. The molecule has 0 radical (unpaired) electrons. The molecule has 0 aliphatic carbocycles. The third-order valence-electron chi connectivity index (χ3n) is 4.77. The third-order valence-corrected chi connectivity index (χ3v) is 5.46. The summed E-state index contributed by atoms with van der Waals surface area (Å²) in [4.78, 5) is 22.8. The number of aryl methyl sites for hydroxylation is 1. The Labute approximate surface area is 205 Å². The molecule has 0 atom stereocenters. The number of para-hydroxylation sites is 1. The molecule has 8 nitrogen and oxygen atoms in total. The van der Waals surface area contributed by atoms with Crippen molar-refractivity contribution >= 4 is 33.7 Å². The molecule has 176 valence electrons. The molecule has 0 fully saturated rings. The summed E-state index contributed by atoms with van der Waals surface area (Å²) >= 11 is 3.50. The second-order valence-corrected chi connectivity index (χ2v) is 8.24. The number of nitrogens with one attached hydrogen (secondary N) is 1. The molecule has 0 saturated carbocycles. The van der Waals surface area contributed by atoms with Gasteiger partial charge in [0.2, 0.25) is 5.91 Å². The van der Waals surface area contributed by atoms with Crippen molar-refractivity contribution < 1.29 is 19.2 Å². The maximum absolute atomic E-state index is 12.2. The molecule has 0 saturated heterocycles. The molecule has 0 aliphatic rings. The fourth-order valence-corrected chi connectivity index (χ4v) is 3.64. The van der Waals surface area contributed by atoms with Crippen LogP contribution in [0.3, 0.4) is 0 Å². The average molecular weight is 526 g/mol. The number of nitro groups is 1. The lowest BCUT2D eigenvalue weighted by molar-refractivity contribution is -0.385. The number of nitrogens with zero attached hydrogens (tertiary/aromatic N) is 2. The van der Waals surface area contributed by atoms with Crippen molar-refractivity contribution in [1.29, 1.82) is 0 Å². The number of hydrazone groups is 1. The van der Waals surface area contributed by atoms with Crippen molar-refractivity contribution in [3.05, 3.63) is 97.5 Å². The van der Waals surface area contributed by atoms with Gasteiger partial charge in [-0.2, -0.15) is 5.10 Å². The summed E-state index contributed by atoms with van der Waals surface area (Å²) in [5.41, 5.74) is 5.48. The summed E-state index contributed by atoms with van der Waals surface area (Å²) in [6.07, 6.45) is 1.31. The number of nitro benzene ring substituents is 1. The van der Waals surface area contributed by atoms with Gasteiger partial charge in [-0.05, 0) is 47.5 Å². The zero-order valence-corrected chi connectivity index (χ0v) is 20.4. The van der Waals surface area contributed by atoms with E-state index in [9.17, 15) is 14.9 Å². The quantitative estimate of drug-likeness (QED) is 0.218. The van der Waals surface area contributed by atoms with Crippen LogP contribution in [-0.2, 0) is 17.8 Å². The molecular formula is C25H24BrN3O5. The number of amides is 1. The van der Waals surface area contributed by atoms with Crippen molar-refractivity contribution in [2.45, 2.75) is 26.9 Å². The monoisotopic (exact) mass is 525 g/mol. The Morgan fingerprint density at radius 3 is 2.62 bits per heavy atom. The Morgan fingerprint density at radius 1 is 1.12 bits per heavy atom. The van der Waals surface area contributed by atoms with Gasteiger partial charge < -0.3 is 9.47 Å². The van der Waals surface area contributed by atoms with Crippen molar-refractivity contribution in [3.8, 4) is 11.5 Å². The molecule has 3 rings (SSSR count). The zero-order valence-electron chi connectivity index (χ0n) is 18.8. The van der Waals surface area contributed by atoms with E-state index >= 15 is 0 Å². The summed E-state index contributed by atoms with van der Waals surface area (Å²) < 4.78 is 12.4. The Bertz CT molecular complexity index is 1210. The van der Waals surface area contributed by atoms with E-state index in [2.05, 4.69) is 32.5 Å². The Kier molecular flexibility index (Phi) is 8.75. The Hall–Kier alpha value is -3.72. The van der Waals surface area contributed by atoms with Gasteiger partial charge in [-0.25, -0.2) is 5.43 Å². The van der Waals surface area contributed by atoms with Gasteiger partial charge >= 0.3 is 0 Å². The van der Waals surface area contributed by atoms with E-state index in [4.69, 9.17) is 9.47 Å². The van der Waals surface area contributed by atoms with E-state index in [1.165, 1.54) is 12.3 Å². The Morgan fingerprint density at radius 2 is 1.88 bits per heavy atom. The standard InChI is InChI=1S/C25H24BrN3O5/c1-3-33-23-12-20(21(26)14-24(23)34-16-18-8-6-7-17(2)11-18)15-27-28-25(30)13-19-9-4-5-10-22(19)29(31)32/h4-12,14-15H,3,13,16H2,1-2H3,(H,28,30)/b27-15+. The predicted molar refractivity (Wildman–Crippen MR) is 133 cm³/mol. The second-order valence-electron chi connectivity index (χ2n) is 7.39. The summed E-state index contributed by atoms with van der Waals surface area (Å²) in [7, 11) is 0. The van der Waals surface area contributed by atoms with Crippen LogP contribution in [0.2, 0.25) is 0 Å². The first-order valence-corrected chi connectivity index (χ1v) is 11.4. The first-order chi connectivity index (χ1) is 16.4. The summed E-state index contributed by atoms with van der Waals surface area (Å²) in [6.45, 7) is 4.75. The van der Waals surface area contributed by atoms with E-state index in [0.29, 0.717) is 40.3 Å². The van der Waals surface area contributed by atoms with Crippen molar-refractivity contribution in [3.63, 3.8) is 0 Å². The molecule has 0 heterocycles. The van der Waals surface area contributed by atoms with E-state index < -0.39 is 10.8 Å². The summed E-state index contributed by atoms with van der Waals surface area (Å²) in [5, 5.41) is 15.1. The highest BCUT2D eigenvalue weighted by atomic mass is 79.9. The molecular weight excluding hydrogens is 502 g/mol. The summed E-state index contributed by atoms with van der Waals surface area (Å²) in [5.74, 6) is 0.656. The highest BCUT2D eigenvalue weighted by Gasteiger charge is 2.15. The second kappa shape index (κ2) is 11.9. The van der Waals surface area contributed by atoms with E-state index in [1.54, 1.807) is 30.3 Å². The van der Waals surface area contributed by atoms with Crippen LogP contribution in [-0.4, -0.2) is 23.7 Å². The van der Waals surface area contributed by atoms with Crippen LogP contribution in [0.25, 0.3) is 0 Å². The van der Waals surface area contributed by atoms with Gasteiger partial charge in [0.1, 0.15) is 6.61 Å². The topological polar surface area (TPSA) is 103 Å². The first kappa shape index (κ1) is 24.9. The molecule has 0 spiro atoms. The predicted octanol–water partition coefficient (Wildman–Crippen LogP) is 5.34. The van der Waals surface area contributed by atoms with Gasteiger partial charge in [-0.3, -0.25) is 14.9 Å². The van der Waals surface area contributed by atoms with Crippen LogP contribution < -0.4 is 14.9 Å². The van der Waals surface area contributed by atoms with E-state index in [1.807, 2.05) is 32.0 Å². The van der Waals surface area contributed by atoms with Crippen molar-refractivity contribution in [2.24, 2.45) is 5.10 Å². The number of rotatable bonds is 10. The van der Waals surface area contributed by atoms with Crippen LogP contribution in [0.5, 0.6) is 11.5 Å². The number of hydrogen-bond acceptors (Lipinski definition) is 6. The molecule has 3 aromatic carbocycles. The Balaban J connectivity index is 1.68. The van der Waals surface area contributed by atoms with Gasteiger partial charge in [-0.15, -0.1) is 0 Å². The molecule has 3 aromatic rings. The van der Waals surface area contributed by atoms with E-state index in [0.717, 1.165) is 11.1 Å². The minimum atomic E-state index is -0.513. The lowest BCUT2D eigenvalue weighted by Crippen LogP contribution is -2.20. The fraction of sp³-hybridized carbons (Fsp3) is 0.200. The maximum atomic E-state index is 12.2. The largest absolute Gasteiger partial charge is 0.490 e. The molecule has 9 heteroatoms. The number of carbonyl (C=O) groups is 1. The maximum Gasteiger partial charge on any atom is 0.273 e. The zero-order chi connectivity index (χ0) is 24.5. The van der Waals surface area contributed by atoms with E-state index in [-0.39, 0.29) is 12.1 Å². The molecule has 0 bridgehead atoms. The minimum Gasteiger partial charge on any atom is -0.490 e. The molecule has 0 aromatic heterocycles. The molecule has 34 heavy (non-hydrogen) atoms. The van der Waals surface area contributed by atoms with Gasteiger partial charge in [0.05, 0.1) is 24.2 Å². The van der Waals surface area contributed by atoms with Gasteiger partial charge in [0, 0.05) is 21.7 Å². The van der Waals surface area contributed by atoms with Gasteiger partial charge in [0.15, 0.2) is 11.5 Å². The lowest BCUT2D eigenvalue weighted by atomic mass is 10.1. The van der Waals surface area contributed by atoms with Gasteiger partial charge in [-0.1, -0.05) is 48.0 Å². The minimum absolute atomic E-state index is 0.105. The van der Waals surface area contributed by atoms with Crippen molar-refractivity contribution in [1.82, 2.24) is 5.43 Å². The van der Waals surface area contributed by atoms with Gasteiger partial charge in [0.25, 0.3) is 5.69 Å². The third kappa shape index (κ3) is 6.89. The molecule has 0 aliphatic heterocycles. The molecule has 0 unspecified atom stereocenters. The highest BCUT2D eigenvalue weighted by Crippen LogP contribution is 2.34. The smallest absolute Gasteiger partial charge is 0.273 e. The van der Waals surface area contributed by atoms with Crippen LogP contribution in [0.4, 0.5) is 5.69 Å². The van der Waals surface area contributed by atoms with Crippen LogP contribution >= 0.6 is 15.9 Å². The first-order valence-electron chi connectivity index (χ1n) is 10.6. The van der Waals surface area contributed by atoms with Crippen LogP contribution in [0, 0.1) is 17.0 Å². The average Bonchev–Trinajstić information content (AvgIpc) is 2.80. The van der Waals surface area contributed by atoms with Crippen LogP contribution in [0.15, 0.2) is 70.2 Å². The molecule has 1 amide bonds.